The molecule has 4 N–H and O–H groups in total. The van der Waals surface area contributed by atoms with Crippen LogP contribution < -0.4 is 16.1 Å². The molecule has 3 aliphatic heterocycles. The number of piperidine rings is 2. The van der Waals surface area contributed by atoms with Gasteiger partial charge in [0.05, 0.1) is 27.6 Å². The van der Waals surface area contributed by atoms with Crippen LogP contribution >= 0.6 is 0 Å². The number of aliphatic hydroxyl groups is 1. The summed E-state index contributed by atoms with van der Waals surface area (Å²) in [6.45, 7) is 9.08. The zero-order valence-electron chi connectivity index (χ0n) is 22.4. The fourth-order valence-corrected chi connectivity index (χ4v) is 6.95. The predicted octanol–water partition coefficient (Wildman–Crippen LogP) is 2.13. The molecule has 9 nitrogen and oxygen atoms in total. The minimum atomic E-state index is -0.690. The molecule has 0 saturated carbocycles. The molecule has 38 heavy (non-hydrogen) atoms. The quantitative estimate of drug-likeness (QED) is 0.474. The van der Waals surface area contributed by atoms with Crippen molar-refractivity contribution in [2.75, 3.05) is 50.8 Å². The lowest BCUT2D eigenvalue weighted by atomic mass is 9.78. The Bertz CT molecular complexity index is 1390. The van der Waals surface area contributed by atoms with Gasteiger partial charge in [-0.3, -0.25) is 19.2 Å². The van der Waals surface area contributed by atoms with Gasteiger partial charge in [0.1, 0.15) is 5.78 Å². The molecule has 1 amide bonds. The Labute approximate surface area is 222 Å². The summed E-state index contributed by atoms with van der Waals surface area (Å²) in [4.78, 5) is 32.2. The summed E-state index contributed by atoms with van der Waals surface area (Å²) in [7, 11) is 0. The number of benzene rings is 1. The molecule has 6 rings (SSSR count). The lowest BCUT2D eigenvalue weighted by Gasteiger charge is -2.41. The van der Waals surface area contributed by atoms with Crippen LogP contribution in [-0.2, 0) is 4.79 Å². The molecular weight excluding hydrogens is 480 g/mol. The highest BCUT2D eigenvalue weighted by atomic mass is 16.3. The second kappa shape index (κ2) is 9.32. The zero-order chi connectivity index (χ0) is 26.7. The van der Waals surface area contributed by atoms with Crippen LogP contribution in [0.1, 0.15) is 61.4 Å². The van der Waals surface area contributed by atoms with Crippen LogP contribution in [0.15, 0.2) is 30.6 Å². The Morgan fingerprint density at radius 1 is 1.21 bits per heavy atom. The number of nitrogens with one attached hydrogen (secondary N) is 1. The minimum Gasteiger partial charge on any atom is -0.389 e. The van der Waals surface area contributed by atoms with E-state index < -0.39 is 16.9 Å². The summed E-state index contributed by atoms with van der Waals surface area (Å²) in [5, 5.41) is 17.8. The fraction of sp³-hybridized carbons (Fsp3) is 0.552. The predicted molar refractivity (Wildman–Crippen MR) is 148 cm³/mol. The van der Waals surface area contributed by atoms with Gasteiger partial charge >= 0.3 is 0 Å². The summed E-state index contributed by atoms with van der Waals surface area (Å²) >= 11 is 0. The Morgan fingerprint density at radius 3 is 2.68 bits per heavy atom. The van der Waals surface area contributed by atoms with Crippen LogP contribution in [0.5, 0.6) is 0 Å². The smallest absolute Gasteiger partial charge is 0.252 e. The third kappa shape index (κ3) is 4.36. The van der Waals surface area contributed by atoms with E-state index in [-0.39, 0.29) is 0 Å². The van der Waals surface area contributed by atoms with Gasteiger partial charge in [-0.25, -0.2) is 0 Å². The monoisotopic (exact) mass is 518 g/mol. The maximum atomic E-state index is 13.0. The molecule has 1 atom stereocenters. The zero-order valence-corrected chi connectivity index (χ0v) is 22.4. The summed E-state index contributed by atoms with van der Waals surface area (Å²) in [6, 6.07) is 6.64. The van der Waals surface area contributed by atoms with Crippen molar-refractivity contribution >= 4 is 33.5 Å². The number of fused-ring (bicyclic) bond motifs is 3. The molecule has 3 saturated heterocycles. The van der Waals surface area contributed by atoms with Gasteiger partial charge in [-0.05, 0) is 76.4 Å². The summed E-state index contributed by atoms with van der Waals surface area (Å²) < 4.78 is 2.13. The maximum Gasteiger partial charge on any atom is 0.252 e. The normalized spacial score (nSPS) is 23.8. The highest BCUT2D eigenvalue weighted by Gasteiger charge is 2.45. The number of pyridine rings is 1. The molecule has 9 heteroatoms. The van der Waals surface area contributed by atoms with E-state index in [1.165, 1.54) is 5.56 Å². The molecule has 0 bridgehead atoms. The van der Waals surface area contributed by atoms with E-state index in [0.29, 0.717) is 49.9 Å². The number of nitrogens with zero attached hydrogens (tertiary/aromatic N) is 4. The molecule has 202 valence electrons. The Morgan fingerprint density at radius 2 is 2.00 bits per heavy atom. The highest BCUT2D eigenvalue weighted by molar-refractivity contribution is 6.15. The topological polar surface area (TPSA) is 117 Å². The number of amides is 1. The van der Waals surface area contributed by atoms with E-state index in [2.05, 4.69) is 43.1 Å². The van der Waals surface area contributed by atoms with Crippen molar-refractivity contribution in [2.45, 2.75) is 51.0 Å². The average molecular weight is 519 g/mol. The number of ketones is 1. The van der Waals surface area contributed by atoms with Crippen LogP contribution in [0.2, 0.25) is 0 Å². The minimum absolute atomic E-state index is 0.328. The SMILES string of the molecule is CC(C)(O)CN1CCC(c2ccc3c(c2)c2cncc(C(N)=O)c2n3N2CCC(=O)C3(CCNC3)C2)CC1. The summed E-state index contributed by atoms with van der Waals surface area (Å²) in [5.41, 5.74) is 8.23. The lowest BCUT2D eigenvalue weighted by molar-refractivity contribution is -0.128. The highest BCUT2D eigenvalue weighted by Crippen LogP contribution is 2.38. The van der Waals surface area contributed by atoms with Crippen molar-refractivity contribution in [2.24, 2.45) is 11.1 Å². The number of likely N-dealkylation sites (tertiary alicyclic amines) is 1. The first kappa shape index (κ1) is 25.3. The molecule has 3 fully saturated rings. The Hall–Kier alpha value is -3.01. The first-order valence-electron chi connectivity index (χ1n) is 13.8. The van der Waals surface area contributed by atoms with Crippen LogP contribution in [-0.4, -0.2) is 82.8 Å². The number of carbonyl (C=O) groups is 2. The van der Waals surface area contributed by atoms with Crippen molar-refractivity contribution in [3.8, 4) is 0 Å². The largest absolute Gasteiger partial charge is 0.389 e. The summed E-state index contributed by atoms with van der Waals surface area (Å²) in [6.07, 6.45) is 6.78. The molecule has 2 aromatic heterocycles. The van der Waals surface area contributed by atoms with Crippen molar-refractivity contribution in [1.82, 2.24) is 19.9 Å². The standard InChI is InChI=1S/C29H38N6O3/c1-28(2,38)17-33-10-5-19(6-11-33)20-3-4-24-21(13-20)22-14-32-15-23(27(30)37)26(22)35(24)34-12-7-25(36)29(18-34)8-9-31-16-29/h3-4,13-15,19,31,38H,5-12,16-18H2,1-2H3,(H2,30,37). The number of primary amides is 1. The molecule has 3 aromatic rings. The van der Waals surface area contributed by atoms with Gasteiger partial charge in [-0.15, -0.1) is 0 Å². The van der Waals surface area contributed by atoms with E-state index in [1.807, 2.05) is 20.0 Å². The number of Topliss-reactive ketones (excluding diaryl/α,β-unsaturated/α-hetero) is 1. The molecule has 1 unspecified atom stereocenters. The number of hydrogen-bond acceptors (Lipinski definition) is 7. The molecule has 5 heterocycles. The van der Waals surface area contributed by atoms with Gasteiger partial charge in [-0.1, -0.05) is 6.07 Å². The van der Waals surface area contributed by atoms with E-state index in [0.717, 1.165) is 60.7 Å². The second-order valence-corrected chi connectivity index (χ2v) is 12.2. The molecule has 1 spiro atoms. The van der Waals surface area contributed by atoms with E-state index >= 15 is 0 Å². The van der Waals surface area contributed by atoms with Gasteiger partial charge in [0.2, 0.25) is 0 Å². The first-order chi connectivity index (χ1) is 18.2. The number of β-amino-alcohol motifs (C(OH)–C–C–N with tert-alkyl or cyclic N) is 1. The number of aromatic nitrogens is 2. The van der Waals surface area contributed by atoms with Gasteiger partial charge in [0.25, 0.3) is 5.91 Å². The number of carbonyl (C=O) groups excluding carboxylic acids is 2. The first-order valence-corrected chi connectivity index (χ1v) is 13.8. The van der Waals surface area contributed by atoms with E-state index in [1.54, 1.807) is 6.20 Å². The number of rotatable bonds is 5. The van der Waals surface area contributed by atoms with Gasteiger partial charge in [0.15, 0.2) is 0 Å². The van der Waals surface area contributed by atoms with Crippen LogP contribution in [0.3, 0.4) is 0 Å². The summed E-state index contributed by atoms with van der Waals surface area (Å²) in [5.74, 6) is 0.259. The molecular formula is C29H38N6O3. The van der Waals surface area contributed by atoms with Crippen LogP contribution in [0.4, 0.5) is 0 Å². The molecule has 1 aromatic carbocycles. The average Bonchev–Trinajstić information content (AvgIpc) is 3.48. The third-order valence-corrected chi connectivity index (χ3v) is 8.80. The number of nitrogens with two attached hydrogens (primary N) is 1. The maximum absolute atomic E-state index is 13.0. The lowest BCUT2D eigenvalue weighted by Crippen LogP contribution is -2.54. The van der Waals surface area contributed by atoms with Gasteiger partial charge < -0.3 is 26.1 Å². The molecule has 3 aliphatic rings. The molecule has 0 radical (unpaired) electrons. The fourth-order valence-electron chi connectivity index (χ4n) is 6.95. The van der Waals surface area contributed by atoms with Gasteiger partial charge in [-0.2, -0.15) is 0 Å². The number of hydrogen-bond donors (Lipinski definition) is 3. The van der Waals surface area contributed by atoms with Crippen LogP contribution in [0, 0.1) is 5.41 Å². The van der Waals surface area contributed by atoms with E-state index in [9.17, 15) is 14.7 Å². The Kier molecular flexibility index (Phi) is 6.20. The second-order valence-electron chi connectivity index (χ2n) is 12.2. The van der Waals surface area contributed by atoms with Crippen molar-refractivity contribution in [3.63, 3.8) is 0 Å². The van der Waals surface area contributed by atoms with Crippen molar-refractivity contribution in [1.29, 1.82) is 0 Å². The van der Waals surface area contributed by atoms with E-state index in [4.69, 9.17) is 5.73 Å². The van der Waals surface area contributed by atoms with Crippen molar-refractivity contribution < 1.29 is 14.7 Å². The van der Waals surface area contributed by atoms with Gasteiger partial charge in [0, 0.05) is 55.8 Å². The van der Waals surface area contributed by atoms with Crippen LogP contribution in [0.25, 0.3) is 21.8 Å². The van der Waals surface area contributed by atoms with Crippen molar-refractivity contribution in [3.05, 3.63) is 41.7 Å². The Balaban J connectivity index is 1.40. The third-order valence-electron chi connectivity index (χ3n) is 8.80. The molecule has 0 aliphatic carbocycles.